The maximum Gasteiger partial charge on any atom is 0.280 e. The Morgan fingerprint density at radius 2 is 1.51 bits per heavy atom. The molecule has 3 heterocycles. The minimum absolute atomic E-state index is 0.0176. The van der Waals surface area contributed by atoms with Crippen LogP contribution in [0.1, 0.15) is 55.4 Å². The minimum Gasteiger partial charge on any atom is -0.497 e. The monoisotopic (exact) mass is 745 g/mol. The average Bonchev–Trinajstić information content (AvgIpc) is 3.80. The van der Waals surface area contributed by atoms with Crippen molar-refractivity contribution in [1.82, 2.24) is 19.5 Å². The van der Waals surface area contributed by atoms with Crippen LogP contribution in [0.2, 0.25) is 0 Å². The second-order valence-electron chi connectivity index (χ2n) is 13.7. The summed E-state index contributed by atoms with van der Waals surface area (Å²) in [4.78, 5) is 44.0. The van der Waals surface area contributed by atoms with Gasteiger partial charge in [-0.15, -0.1) is 0 Å². The van der Waals surface area contributed by atoms with Gasteiger partial charge in [0.1, 0.15) is 29.5 Å². The van der Waals surface area contributed by atoms with Gasteiger partial charge >= 0.3 is 0 Å². The third kappa shape index (κ3) is 7.05. The fourth-order valence-corrected chi connectivity index (χ4v) is 7.02. The van der Waals surface area contributed by atoms with Crippen molar-refractivity contribution in [1.29, 1.82) is 0 Å². The molecule has 7 rings (SSSR count). The molecule has 0 spiro atoms. The molecular weight excluding hydrogens is 702 g/mol. The molecule has 2 aromatic heterocycles. The number of aliphatic hydroxyl groups is 1. The van der Waals surface area contributed by atoms with Crippen LogP contribution >= 0.6 is 0 Å². The molecule has 1 aliphatic heterocycles. The summed E-state index contributed by atoms with van der Waals surface area (Å²) < 4.78 is 25.9. The van der Waals surface area contributed by atoms with E-state index >= 15 is 0 Å². The van der Waals surface area contributed by atoms with Crippen molar-refractivity contribution < 1.29 is 33.7 Å². The lowest BCUT2D eigenvalue weighted by Gasteiger charge is -2.37. The number of nitrogens with one attached hydrogen (secondary N) is 2. The lowest BCUT2D eigenvalue weighted by molar-refractivity contribution is -0.164. The van der Waals surface area contributed by atoms with Crippen LogP contribution in [0.5, 0.6) is 17.2 Å². The Kier molecular flexibility index (Phi) is 10.4. The van der Waals surface area contributed by atoms with Crippen LogP contribution in [0.25, 0.3) is 11.2 Å². The molecule has 3 N–H and O–H groups in total. The number of methoxy groups -OCH3 is 2. The molecule has 4 aromatic carbocycles. The van der Waals surface area contributed by atoms with Crippen molar-refractivity contribution in [2.24, 2.45) is 0 Å². The van der Waals surface area contributed by atoms with Gasteiger partial charge in [-0.05, 0) is 71.5 Å². The van der Waals surface area contributed by atoms with E-state index in [1.165, 1.54) is 17.8 Å². The summed E-state index contributed by atoms with van der Waals surface area (Å²) in [5.74, 6) is 1.76. The SMILES string of the molecule is COc1ccc(C(OC[C@H]2O[C@@](C(C)=O)(n3cnc4c(=O)[nH]c(NOc5ccc(C(C)C)cc5)nc43)C[C@@H]2O)(c2ccccc2)c2ccc(OC)cc2)cc1. The predicted molar refractivity (Wildman–Crippen MR) is 205 cm³/mol. The van der Waals surface area contributed by atoms with Crippen molar-refractivity contribution in [2.45, 2.75) is 56.6 Å². The maximum absolute atomic E-state index is 13.6. The molecule has 6 aromatic rings. The Labute approximate surface area is 317 Å². The molecule has 284 valence electrons. The molecule has 1 saturated heterocycles. The van der Waals surface area contributed by atoms with Crippen LogP contribution in [0.15, 0.2) is 114 Å². The van der Waals surface area contributed by atoms with E-state index in [-0.39, 0.29) is 30.1 Å². The lowest BCUT2D eigenvalue weighted by Crippen LogP contribution is -2.42. The van der Waals surface area contributed by atoms with Crippen molar-refractivity contribution in [3.8, 4) is 17.2 Å². The lowest BCUT2D eigenvalue weighted by atomic mass is 9.80. The van der Waals surface area contributed by atoms with Crippen LogP contribution in [0, 0.1) is 0 Å². The standard InChI is InChI=1S/C42H43N5O8/c1-26(2)28-11-17-34(18-12-28)55-46-40-44-38-37(39(50)45-40)43-25-47(38)41(27(3)48)23-35(49)36(54-41)24-53-42(29-9-7-6-8-10-29,30-13-19-32(51-4)20-14-30)31-15-21-33(52-5)22-16-31/h6-22,25-26,35-36,49H,23-24H2,1-5H3,(H2,44,45,46,50)/t35-,36+,41-/m0/s1. The number of ether oxygens (including phenoxy) is 4. The van der Waals surface area contributed by atoms with E-state index in [1.807, 2.05) is 91.0 Å². The summed E-state index contributed by atoms with van der Waals surface area (Å²) >= 11 is 0. The second-order valence-corrected chi connectivity index (χ2v) is 13.7. The average molecular weight is 746 g/mol. The van der Waals surface area contributed by atoms with Gasteiger partial charge in [0.25, 0.3) is 5.56 Å². The quantitative estimate of drug-likeness (QED) is 0.0878. The number of carbonyl (C=O) groups is 1. The highest BCUT2D eigenvalue weighted by Crippen LogP contribution is 2.44. The molecule has 0 bridgehead atoms. The highest BCUT2D eigenvalue weighted by molar-refractivity contribution is 5.85. The molecule has 0 amide bonds. The zero-order chi connectivity index (χ0) is 38.7. The minimum atomic E-state index is -1.76. The first-order valence-corrected chi connectivity index (χ1v) is 17.9. The van der Waals surface area contributed by atoms with Crippen molar-refractivity contribution in [3.05, 3.63) is 142 Å². The summed E-state index contributed by atoms with van der Waals surface area (Å²) in [6.45, 7) is 5.42. The molecule has 13 heteroatoms. The van der Waals surface area contributed by atoms with Gasteiger partial charge in [-0.3, -0.25) is 19.1 Å². The first kappa shape index (κ1) is 37.3. The van der Waals surface area contributed by atoms with E-state index in [1.54, 1.807) is 26.4 Å². The Hall–Kier alpha value is -6.02. The van der Waals surface area contributed by atoms with E-state index in [4.69, 9.17) is 23.8 Å². The van der Waals surface area contributed by atoms with Gasteiger partial charge in [-0.25, -0.2) is 4.98 Å². The highest BCUT2D eigenvalue weighted by atomic mass is 16.6. The van der Waals surface area contributed by atoms with Gasteiger partial charge in [0.2, 0.25) is 11.7 Å². The Bertz CT molecular complexity index is 2260. The van der Waals surface area contributed by atoms with Crippen molar-refractivity contribution in [2.75, 3.05) is 26.3 Å². The summed E-state index contributed by atoms with van der Waals surface area (Å²) in [5.41, 5.74) is 2.75. The molecule has 1 fully saturated rings. The summed E-state index contributed by atoms with van der Waals surface area (Å²) in [6, 6.07) is 32.4. The van der Waals surface area contributed by atoms with Crippen molar-refractivity contribution in [3.63, 3.8) is 0 Å². The highest BCUT2D eigenvalue weighted by Gasteiger charge is 2.53. The summed E-state index contributed by atoms with van der Waals surface area (Å²) in [7, 11) is 3.21. The molecule has 55 heavy (non-hydrogen) atoms. The van der Waals surface area contributed by atoms with Crippen LogP contribution in [-0.4, -0.2) is 63.4 Å². The maximum atomic E-state index is 13.6. The Morgan fingerprint density at radius 1 is 0.927 bits per heavy atom. The molecule has 0 radical (unpaired) electrons. The Balaban J connectivity index is 1.22. The third-order valence-corrected chi connectivity index (χ3v) is 10.1. The number of nitrogens with zero attached hydrogens (tertiary/aromatic N) is 3. The van der Waals surface area contributed by atoms with Gasteiger partial charge in [-0.1, -0.05) is 80.6 Å². The van der Waals surface area contributed by atoms with E-state index in [0.29, 0.717) is 23.2 Å². The van der Waals surface area contributed by atoms with Crippen LogP contribution < -0.4 is 25.4 Å². The number of rotatable bonds is 14. The number of Topliss-reactive ketones (excluding diaryl/α,β-unsaturated/α-hetero) is 1. The number of aliphatic hydroxyl groups excluding tert-OH is 1. The Morgan fingerprint density at radius 3 is 2.07 bits per heavy atom. The van der Waals surface area contributed by atoms with E-state index < -0.39 is 34.9 Å². The predicted octanol–water partition coefficient (Wildman–Crippen LogP) is 6.07. The fraction of sp³-hybridized carbons (Fsp3) is 0.286. The van der Waals surface area contributed by atoms with Crippen molar-refractivity contribution >= 4 is 22.9 Å². The fourth-order valence-electron chi connectivity index (χ4n) is 7.02. The number of fused-ring (bicyclic) bond motifs is 1. The first-order valence-electron chi connectivity index (χ1n) is 17.9. The van der Waals surface area contributed by atoms with Gasteiger partial charge in [0.05, 0.1) is 26.9 Å². The topological polar surface area (TPSA) is 159 Å². The van der Waals surface area contributed by atoms with Crippen LogP contribution in [-0.2, 0) is 25.6 Å². The number of carbonyl (C=O) groups excluding carboxylic acids is 1. The zero-order valence-electron chi connectivity index (χ0n) is 31.2. The number of hydrogen-bond donors (Lipinski definition) is 3. The molecule has 0 aliphatic carbocycles. The van der Waals surface area contributed by atoms with E-state index in [9.17, 15) is 14.7 Å². The number of anilines is 1. The molecule has 0 unspecified atom stereocenters. The number of benzene rings is 4. The first-order chi connectivity index (χ1) is 26.6. The summed E-state index contributed by atoms with van der Waals surface area (Å²) in [6.07, 6.45) is -0.972. The number of H-pyrrole nitrogens is 1. The van der Waals surface area contributed by atoms with Crippen LogP contribution in [0.3, 0.4) is 0 Å². The molecule has 13 nitrogen and oxygen atoms in total. The van der Waals surface area contributed by atoms with E-state index in [2.05, 4.69) is 34.3 Å². The number of hydrogen-bond acceptors (Lipinski definition) is 11. The third-order valence-electron chi connectivity index (χ3n) is 10.1. The molecule has 3 atom stereocenters. The van der Waals surface area contributed by atoms with Gasteiger partial charge in [-0.2, -0.15) is 10.5 Å². The number of aromatic nitrogens is 4. The van der Waals surface area contributed by atoms with E-state index in [0.717, 1.165) is 22.3 Å². The second kappa shape index (κ2) is 15.4. The number of aromatic amines is 1. The smallest absolute Gasteiger partial charge is 0.280 e. The molecular formula is C42H43N5O8. The largest absolute Gasteiger partial charge is 0.497 e. The van der Waals surface area contributed by atoms with Gasteiger partial charge < -0.3 is 28.9 Å². The van der Waals surface area contributed by atoms with Crippen LogP contribution in [0.4, 0.5) is 5.95 Å². The number of imidazole rings is 1. The summed E-state index contributed by atoms with van der Waals surface area (Å²) in [5, 5.41) is 11.6. The zero-order valence-corrected chi connectivity index (χ0v) is 31.2. The normalized spacial score (nSPS) is 18.4. The molecule has 0 saturated carbocycles. The van der Waals surface area contributed by atoms with Gasteiger partial charge in [0.15, 0.2) is 22.7 Å². The number of ketones is 1. The van der Waals surface area contributed by atoms with Gasteiger partial charge in [0, 0.05) is 6.42 Å². The molecule has 1 aliphatic rings.